The molecule has 20 heavy (non-hydrogen) atoms. The van der Waals surface area contributed by atoms with Crippen LogP contribution in [0.4, 0.5) is 5.69 Å². The monoisotopic (exact) mass is 299 g/mol. The number of likely N-dealkylation sites (N-methyl/N-ethyl adjacent to an activating group) is 1. The molecule has 0 atom stereocenters. The summed E-state index contributed by atoms with van der Waals surface area (Å²) < 4.78 is 0. The van der Waals surface area contributed by atoms with Crippen LogP contribution in [0.2, 0.25) is 5.02 Å². The zero-order chi connectivity index (χ0) is 15.0. The third kappa shape index (κ3) is 5.07. The van der Waals surface area contributed by atoms with Gasteiger partial charge in [0.15, 0.2) is 0 Å². The fourth-order valence-electron chi connectivity index (χ4n) is 2.09. The van der Waals surface area contributed by atoms with E-state index in [1.165, 1.54) is 6.07 Å². The van der Waals surface area contributed by atoms with Gasteiger partial charge in [-0.3, -0.25) is 10.1 Å². The molecule has 0 radical (unpaired) electrons. The second-order valence-corrected chi connectivity index (χ2v) is 5.01. The van der Waals surface area contributed by atoms with Crippen molar-refractivity contribution in [1.29, 1.82) is 0 Å². The molecule has 0 aliphatic heterocycles. The predicted molar refractivity (Wildman–Crippen MR) is 82.2 cm³/mol. The van der Waals surface area contributed by atoms with Crippen LogP contribution >= 0.6 is 11.6 Å². The van der Waals surface area contributed by atoms with Gasteiger partial charge in [-0.15, -0.1) is 0 Å². The number of hydrogen-bond acceptors (Lipinski definition) is 4. The van der Waals surface area contributed by atoms with E-state index in [9.17, 15) is 10.1 Å². The molecule has 1 aromatic rings. The van der Waals surface area contributed by atoms with Crippen molar-refractivity contribution in [1.82, 2.24) is 10.2 Å². The van der Waals surface area contributed by atoms with Gasteiger partial charge in [-0.2, -0.15) is 0 Å². The number of nitro benzene ring substituents is 1. The molecule has 1 N–H and O–H groups in total. The molecule has 0 heterocycles. The second-order valence-electron chi connectivity index (χ2n) is 4.61. The Balaban J connectivity index is 2.52. The SMILES string of the molecule is CCCN(CC)CCNCc1c(Cl)cccc1[N+](=O)[O-]. The molecule has 0 unspecified atom stereocenters. The maximum absolute atomic E-state index is 11.0. The normalized spacial score (nSPS) is 11.0. The van der Waals surface area contributed by atoms with E-state index in [1.807, 2.05) is 0 Å². The molecule has 0 amide bonds. The summed E-state index contributed by atoms with van der Waals surface area (Å²) in [7, 11) is 0. The van der Waals surface area contributed by atoms with E-state index < -0.39 is 4.92 Å². The van der Waals surface area contributed by atoms with E-state index in [1.54, 1.807) is 12.1 Å². The molecule has 0 fully saturated rings. The molecule has 0 bridgehead atoms. The zero-order valence-corrected chi connectivity index (χ0v) is 12.8. The minimum Gasteiger partial charge on any atom is -0.311 e. The lowest BCUT2D eigenvalue weighted by atomic mass is 10.2. The number of nitrogens with one attached hydrogen (secondary N) is 1. The van der Waals surface area contributed by atoms with Crippen LogP contribution in [-0.2, 0) is 6.54 Å². The summed E-state index contributed by atoms with van der Waals surface area (Å²) in [5.41, 5.74) is 0.628. The van der Waals surface area contributed by atoms with Crippen LogP contribution in [0.15, 0.2) is 18.2 Å². The van der Waals surface area contributed by atoms with Crippen LogP contribution in [0.3, 0.4) is 0 Å². The van der Waals surface area contributed by atoms with Gasteiger partial charge < -0.3 is 10.2 Å². The molecular formula is C14H22ClN3O2. The number of nitro groups is 1. The van der Waals surface area contributed by atoms with Gasteiger partial charge in [-0.1, -0.05) is 31.5 Å². The van der Waals surface area contributed by atoms with Crippen LogP contribution in [0.25, 0.3) is 0 Å². The lowest BCUT2D eigenvalue weighted by Crippen LogP contribution is -2.32. The van der Waals surface area contributed by atoms with Gasteiger partial charge in [0.1, 0.15) is 0 Å². The molecule has 1 aromatic carbocycles. The Kier molecular flexibility index (Phi) is 7.51. The maximum atomic E-state index is 11.0. The second kappa shape index (κ2) is 8.89. The summed E-state index contributed by atoms with van der Waals surface area (Å²) in [5.74, 6) is 0. The smallest absolute Gasteiger partial charge is 0.275 e. The van der Waals surface area contributed by atoms with E-state index in [-0.39, 0.29) is 5.69 Å². The first kappa shape index (κ1) is 16.9. The van der Waals surface area contributed by atoms with E-state index in [0.717, 1.165) is 32.6 Å². The van der Waals surface area contributed by atoms with Crippen molar-refractivity contribution >= 4 is 17.3 Å². The molecule has 0 aromatic heterocycles. The highest BCUT2D eigenvalue weighted by Gasteiger charge is 2.15. The van der Waals surface area contributed by atoms with Crippen molar-refractivity contribution in [2.24, 2.45) is 0 Å². The van der Waals surface area contributed by atoms with E-state index in [2.05, 4.69) is 24.1 Å². The maximum Gasteiger partial charge on any atom is 0.275 e. The highest BCUT2D eigenvalue weighted by molar-refractivity contribution is 6.31. The van der Waals surface area contributed by atoms with E-state index >= 15 is 0 Å². The average molecular weight is 300 g/mol. The number of rotatable bonds is 9. The lowest BCUT2D eigenvalue weighted by Gasteiger charge is -2.19. The molecular weight excluding hydrogens is 278 g/mol. The van der Waals surface area contributed by atoms with Gasteiger partial charge in [-0.25, -0.2) is 0 Å². The molecule has 0 saturated heterocycles. The van der Waals surface area contributed by atoms with Crippen LogP contribution in [0.1, 0.15) is 25.8 Å². The van der Waals surface area contributed by atoms with Crippen molar-refractivity contribution in [3.63, 3.8) is 0 Å². The van der Waals surface area contributed by atoms with Crippen molar-refractivity contribution < 1.29 is 4.92 Å². The topological polar surface area (TPSA) is 58.4 Å². The largest absolute Gasteiger partial charge is 0.311 e. The molecule has 0 spiro atoms. The van der Waals surface area contributed by atoms with Crippen LogP contribution < -0.4 is 5.32 Å². The van der Waals surface area contributed by atoms with Crippen molar-refractivity contribution in [2.75, 3.05) is 26.2 Å². The van der Waals surface area contributed by atoms with Crippen LogP contribution in [-0.4, -0.2) is 36.0 Å². The predicted octanol–water partition coefficient (Wildman–Crippen LogP) is 3.07. The first-order chi connectivity index (χ1) is 9.60. The summed E-state index contributed by atoms with van der Waals surface area (Å²) in [5, 5.41) is 14.6. The van der Waals surface area contributed by atoms with E-state index in [4.69, 9.17) is 11.6 Å². The fraction of sp³-hybridized carbons (Fsp3) is 0.571. The Labute approximate surface area is 125 Å². The Bertz CT molecular complexity index is 440. The minimum absolute atomic E-state index is 0.0749. The number of hydrogen-bond donors (Lipinski definition) is 1. The van der Waals surface area contributed by atoms with E-state index in [0.29, 0.717) is 17.1 Å². The summed E-state index contributed by atoms with van der Waals surface area (Å²) in [6, 6.07) is 4.77. The Hall–Kier alpha value is -1.17. The third-order valence-corrected chi connectivity index (χ3v) is 3.54. The number of benzene rings is 1. The third-order valence-electron chi connectivity index (χ3n) is 3.18. The van der Waals surface area contributed by atoms with Gasteiger partial charge in [0, 0.05) is 25.7 Å². The van der Waals surface area contributed by atoms with Crippen LogP contribution in [0.5, 0.6) is 0 Å². The van der Waals surface area contributed by atoms with Crippen molar-refractivity contribution in [3.05, 3.63) is 38.9 Å². The van der Waals surface area contributed by atoms with Gasteiger partial charge in [0.2, 0.25) is 0 Å². The molecule has 112 valence electrons. The minimum atomic E-state index is -0.391. The quantitative estimate of drug-likeness (QED) is 0.432. The van der Waals surface area contributed by atoms with Crippen molar-refractivity contribution in [3.8, 4) is 0 Å². The lowest BCUT2D eigenvalue weighted by molar-refractivity contribution is -0.385. The van der Waals surface area contributed by atoms with Gasteiger partial charge in [0.05, 0.1) is 15.5 Å². The first-order valence-corrected chi connectivity index (χ1v) is 7.32. The zero-order valence-electron chi connectivity index (χ0n) is 12.1. The highest BCUT2D eigenvalue weighted by Crippen LogP contribution is 2.25. The molecule has 0 aliphatic rings. The molecule has 5 nitrogen and oxygen atoms in total. The molecule has 0 aliphatic carbocycles. The number of halogens is 1. The number of nitrogens with zero attached hydrogens (tertiary/aromatic N) is 2. The fourth-order valence-corrected chi connectivity index (χ4v) is 2.32. The summed E-state index contributed by atoms with van der Waals surface area (Å²) in [6.45, 7) is 8.52. The molecule has 1 rings (SSSR count). The van der Waals surface area contributed by atoms with Gasteiger partial charge >= 0.3 is 0 Å². The Morgan fingerprint density at radius 1 is 1.35 bits per heavy atom. The summed E-state index contributed by atoms with van der Waals surface area (Å²) >= 11 is 6.04. The summed E-state index contributed by atoms with van der Waals surface area (Å²) in [6.07, 6.45) is 1.13. The standard InChI is InChI=1S/C14H22ClN3O2/c1-3-9-17(4-2)10-8-16-11-12-13(15)6-5-7-14(12)18(19)20/h5-7,16H,3-4,8-11H2,1-2H3. The van der Waals surface area contributed by atoms with Crippen molar-refractivity contribution in [2.45, 2.75) is 26.8 Å². The average Bonchev–Trinajstić information content (AvgIpc) is 2.43. The van der Waals surface area contributed by atoms with Gasteiger partial charge in [0.25, 0.3) is 5.69 Å². The molecule has 6 heteroatoms. The summed E-state index contributed by atoms with van der Waals surface area (Å²) in [4.78, 5) is 12.9. The Morgan fingerprint density at radius 3 is 2.70 bits per heavy atom. The first-order valence-electron chi connectivity index (χ1n) is 6.95. The Morgan fingerprint density at radius 2 is 2.10 bits per heavy atom. The molecule has 0 saturated carbocycles. The van der Waals surface area contributed by atoms with Crippen LogP contribution in [0, 0.1) is 10.1 Å². The highest BCUT2D eigenvalue weighted by atomic mass is 35.5. The van der Waals surface area contributed by atoms with Gasteiger partial charge in [-0.05, 0) is 25.6 Å².